The molecule has 1 rings (SSSR count). The predicted molar refractivity (Wildman–Crippen MR) is 73.2 cm³/mol. The quantitative estimate of drug-likeness (QED) is 0.753. The van der Waals surface area contributed by atoms with Crippen molar-refractivity contribution in [1.82, 2.24) is 0 Å². The fourth-order valence-corrected chi connectivity index (χ4v) is 2.74. The average Bonchev–Trinajstić information content (AvgIpc) is 2.37. The number of hydrogen-bond donors (Lipinski definition) is 0. The zero-order valence-corrected chi connectivity index (χ0v) is 12.4. The topological polar surface area (TPSA) is 37.4 Å². The molecule has 0 spiro atoms. The van der Waals surface area contributed by atoms with E-state index in [4.69, 9.17) is 11.6 Å². The minimum atomic E-state index is -4.35. The molecule has 3 nitrogen and oxygen atoms in total. The third-order valence-electron chi connectivity index (χ3n) is 2.67. The minimum absolute atomic E-state index is 0.0287. The van der Waals surface area contributed by atoms with Crippen LogP contribution in [0.5, 0.6) is 0 Å². The van der Waals surface area contributed by atoms with E-state index in [1.807, 2.05) is 0 Å². The van der Waals surface area contributed by atoms with Gasteiger partial charge in [0.15, 0.2) is 9.84 Å². The molecule has 0 atom stereocenters. The summed E-state index contributed by atoms with van der Waals surface area (Å²) in [5, 5.41) is 0. The number of alkyl halides is 4. The lowest BCUT2D eigenvalue weighted by Crippen LogP contribution is -2.35. The second-order valence-corrected chi connectivity index (χ2v) is 6.78. The summed E-state index contributed by atoms with van der Waals surface area (Å²) in [4.78, 5) is 1.16. The largest absolute Gasteiger partial charge is 0.405 e. The Morgan fingerprint density at radius 1 is 1.20 bits per heavy atom. The summed E-state index contributed by atoms with van der Waals surface area (Å²) in [6, 6.07) is 5.35. The molecule has 20 heavy (non-hydrogen) atoms. The zero-order chi connectivity index (χ0) is 15.4. The predicted octanol–water partition coefficient (Wildman–Crippen LogP) is 3.09. The Labute approximate surface area is 121 Å². The third-order valence-corrected chi connectivity index (χ3v) is 4.59. The normalized spacial score (nSPS) is 12.4. The van der Waals surface area contributed by atoms with Crippen LogP contribution in [0.15, 0.2) is 29.2 Å². The average molecular weight is 330 g/mol. The van der Waals surface area contributed by atoms with E-state index in [9.17, 15) is 21.6 Å². The van der Waals surface area contributed by atoms with Gasteiger partial charge in [-0.25, -0.2) is 8.42 Å². The first-order valence-electron chi connectivity index (χ1n) is 5.90. The first kappa shape index (κ1) is 17.1. The Morgan fingerprint density at radius 2 is 1.75 bits per heavy atom. The van der Waals surface area contributed by atoms with Crippen molar-refractivity contribution in [2.75, 3.05) is 29.6 Å². The van der Waals surface area contributed by atoms with Gasteiger partial charge >= 0.3 is 6.18 Å². The highest BCUT2D eigenvalue weighted by molar-refractivity contribution is 7.91. The van der Waals surface area contributed by atoms with E-state index >= 15 is 0 Å². The summed E-state index contributed by atoms with van der Waals surface area (Å²) in [5.41, 5.74) is 0.290. The van der Waals surface area contributed by atoms with Crippen molar-refractivity contribution in [3.63, 3.8) is 0 Å². The first-order chi connectivity index (χ1) is 9.19. The number of benzene rings is 1. The molecular formula is C12H15ClF3NO2S. The van der Waals surface area contributed by atoms with Crippen LogP contribution in [0, 0.1) is 0 Å². The molecule has 0 amide bonds. The van der Waals surface area contributed by atoms with Crippen LogP contribution in [0.25, 0.3) is 0 Å². The van der Waals surface area contributed by atoms with Crippen molar-refractivity contribution in [2.45, 2.75) is 18.0 Å². The zero-order valence-electron chi connectivity index (χ0n) is 10.8. The number of sulfone groups is 1. The second-order valence-electron chi connectivity index (χ2n) is 4.12. The molecule has 0 heterocycles. The van der Waals surface area contributed by atoms with Crippen LogP contribution >= 0.6 is 11.6 Å². The summed E-state index contributed by atoms with van der Waals surface area (Å²) in [6.07, 6.45) is -4.35. The van der Waals surface area contributed by atoms with Crippen molar-refractivity contribution in [1.29, 1.82) is 0 Å². The molecule has 0 aliphatic carbocycles. The van der Waals surface area contributed by atoms with E-state index in [1.165, 1.54) is 31.2 Å². The summed E-state index contributed by atoms with van der Waals surface area (Å²) in [7, 11) is -3.35. The van der Waals surface area contributed by atoms with E-state index in [0.29, 0.717) is 0 Å². The van der Waals surface area contributed by atoms with Gasteiger partial charge in [0, 0.05) is 18.1 Å². The van der Waals surface area contributed by atoms with Crippen LogP contribution in [-0.4, -0.2) is 39.3 Å². The minimum Gasteiger partial charge on any atom is -0.361 e. The SMILES string of the molecule is CCS(=O)(=O)c1ccc(N(CCCl)CC(F)(F)F)cc1. The third kappa shape index (κ3) is 4.86. The van der Waals surface area contributed by atoms with Crippen LogP contribution in [0.2, 0.25) is 0 Å². The van der Waals surface area contributed by atoms with Crippen LogP contribution in [-0.2, 0) is 9.84 Å². The van der Waals surface area contributed by atoms with Crippen molar-refractivity contribution in [3.05, 3.63) is 24.3 Å². The monoisotopic (exact) mass is 329 g/mol. The highest BCUT2D eigenvalue weighted by atomic mass is 35.5. The molecule has 0 aromatic heterocycles. The molecule has 0 saturated heterocycles. The molecule has 0 saturated carbocycles. The van der Waals surface area contributed by atoms with Gasteiger partial charge in [0.1, 0.15) is 6.54 Å². The fourth-order valence-electron chi connectivity index (χ4n) is 1.65. The van der Waals surface area contributed by atoms with E-state index < -0.39 is 22.6 Å². The molecule has 0 fully saturated rings. The lowest BCUT2D eigenvalue weighted by Gasteiger charge is -2.25. The van der Waals surface area contributed by atoms with Crippen molar-refractivity contribution >= 4 is 27.1 Å². The molecular weight excluding hydrogens is 315 g/mol. The van der Waals surface area contributed by atoms with Crippen LogP contribution in [0.3, 0.4) is 0 Å². The van der Waals surface area contributed by atoms with E-state index in [0.717, 1.165) is 4.90 Å². The van der Waals surface area contributed by atoms with Gasteiger partial charge in [-0.3, -0.25) is 0 Å². The molecule has 114 valence electrons. The molecule has 1 aromatic carbocycles. The summed E-state index contributed by atoms with van der Waals surface area (Å²) in [5.74, 6) is -0.00855. The maximum Gasteiger partial charge on any atom is 0.405 e. The Morgan fingerprint density at radius 3 is 2.15 bits per heavy atom. The summed E-state index contributed by atoms with van der Waals surface area (Å²) in [6.45, 7) is 0.410. The van der Waals surface area contributed by atoms with E-state index in [2.05, 4.69) is 0 Å². The summed E-state index contributed by atoms with van der Waals surface area (Å²) >= 11 is 5.50. The molecule has 0 radical (unpaired) electrons. The van der Waals surface area contributed by atoms with Gasteiger partial charge in [-0.05, 0) is 24.3 Å². The Hall–Kier alpha value is -0.950. The molecule has 0 unspecified atom stereocenters. The lowest BCUT2D eigenvalue weighted by molar-refractivity contribution is -0.119. The summed E-state index contributed by atoms with van der Waals surface area (Å²) < 4.78 is 60.6. The number of nitrogens with zero attached hydrogens (tertiary/aromatic N) is 1. The lowest BCUT2D eigenvalue weighted by atomic mass is 10.3. The smallest absolute Gasteiger partial charge is 0.361 e. The fraction of sp³-hybridized carbons (Fsp3) is 0.500. The number of hydrogen-bond acceptors (Lipinski definition) is 3. The number of anilines is 1. The molecule has 0 aliphatic heterocycles. The standard InChI is InChI=1S/C12H15ClF3NO2S/c1-2-20(18,19)11-5-3-10(4-6-11)17(8-7-13)9-12(14,15)16/h3-6H,2,7-9H2,1H3. The molecule has 1 aromatic rings. The molecule has 0 N–H and O–H groups in total. The van der Waals surface area contributed by atoms with E-state index in [-0.39, 0.29) is 28.8 Å². The molecule has 0 aliphatic rings. The number of rotatable bonds is 6. The van der Waals surface area contributed by atoms with Gasteiger partial charge in [-0.1, -0.05) is 6.92 Å². The van der Waals surface area contributed by atoms with Gasteiger partial charge in [0.25, 0.3) is 0 Å². The highest BCUT2D eigenvalue weighted by Crippen LogP contribution is 2.23. The Balaban J connectivity index is 2.99. The van der Waals surface area contributed by atoms with Gasteiger partial charge < -0.3 is 4.90 Å². The molecule has 8 heteroatoms. The van der Waals surface area contributed by atoms with Crippen molar-refractivity contribution < 1.29 is 21.6 Å². The van der Waals surface area contributed by atoms with Gasteiger partial charge in [-0.2, -0.15) is 13.2 Å². The van der Waals surface area contributed by atoms with Gasteiger partial charge in [0.05, 0.1) is 10.6 Å². The van der Waals surface area contributed by atoms with Crippen LogP contribution in [0.4, 0.5) is 18.9 Å². The van der Waals surface area contributed by atoms with Crippen molar-refractivity contribution in [3.8, 4) is 0 Å². The maximum absolute atomic E-state index is 12.5. The van der Waals surface area contributed by atoms with Crippen LogP contribution in [0.1, 0.15) is 6.92 Å². The van der Waals surface area contributed by atoms with Crippen molar-refractivity contribution in [2.24, 2.45) is 0 Å². The van der Waals surface area contributed by atoms with E-state index in [1.54, 1.807) is 0 Å². The first-order valence-corrected chi connectivity index (χ1v) is 8.09. The maximum atomic E-state index is 12.5. The second kappa shape index (κ2) is 6.67. The van der Waals surface area contributed by atoms with Gasteiger partial charge in [0.2, 0.25) is 0 Å². The highest BCUT2D eigenvalue weighted by Gasteiger charge is 2.30. The number of halogens is 4. The Kier molecular flexibility index (Phi) is 5.70. The molecule has 0 bridgehead atoms. The Bertz CT molecular complexity index is 529. The van der Waals surface area contributed by atoms with Gasteiger partial charge in [-0.15, -0.1) is 11.6 Å². The van der Waals surface area contributed by atoms with Crippen LogP contribution < -0.4 is 4.90 Å².